The van der Waals surface area contributed by atoms with Gasteiger partial charge in [-0.25, -0.2) is 4.39 Å². The predicted molar refractivity (Wildman–Crippen MR) is 85.2 cm³/mol. The molecule has 0 aromatic heterocycles. The number of hydrogen-bond donors (Lipinski definition) is 1. The van der Waals surface area contributed by atoms with Crippen molar-refractivity contribution in [3.8, 4) is 0 Å². The first-order valence-electron chi connectivity index (χ1n) is 6.72. The van der Waals surface area contributed by atoms with Gasteiger partial charge in [-0.15, -0.1) is 11.8 Å². The van der Waals surface area contributed by atoms with Gasteiger partial charge >= 0.3 is 0 Å². The molecule has 1 atom stereocenters. The molecule has 0 aliphatic rings. The van der Waals surface area contributed by atoms with Gasteiger partial charge in [-0.05, 0) is 55.5 Å². The third-order valence-electron chi connectivity index (χ3n) is 3.33. The van der Waals surface area contributed by atoms with Gasteiger partial charge in [-0.1, -0.05) is 18.2 Å². The van der Waals surface area contributed by atoms with Gasteiger partial charge in [0.2, 0.25) is 0 Å². The number of thioether (sulfide) groups is 1. The predicted octanol–water partition coefficient (Wildman–Crippen LogP) is 4.35. The lowest BCUT2D eigenvalue weighted by Gasteiger charge is -2.15. The van der Waals surface area contributed by atoms with Crippen molar-refractivity contribution < 1.29 is 9.18 Å². The number of amides is 1. The van der Waals surface area contributed by atoms with Crippen LogP contribution in [-0.4, -0.2) is 12.2 Å². The molecular weight excluding hydrogens is 285 g/mol. The highest BCUT2D eigenvalue weighted by Gasteiger charge is 2.15. The molecule has 2 aromatic rings. The monoisotopic (exact) mass is 303 g/mol. The molecular formula is C17H18FNOS. The third kappa shape index (κ3) is 3.85. The van der Waals surface area contributed by atoms with Crippen LogP contribution >= 0.6 is 11.8 Å². The molecule has 110 valence electrons. The summed E-state index contributed by atoms with van der Waals surface area (Å²) in [6.45, 7) is 3.68. The smallest absolute Gasteiger partial charge is 0.254 e. The van der Waals surface area contributed by atoms with E-state index in [0.29, 0.717) is 0 Å². The Morgan fingerprint density at radius 2 is 1.86 bits per heavy atom. The molecule has 2 aromatic carbocycles. The number of nitrogens with one attached hydrogen (secondary N) is 1. The van der Waals surface area contributed by atoms with E-state index in [1.807, 2.05) is 37.4 Å². The van der Waals surface area contributed by atoms with Crippen LogP contribution in [0.4, 0.5) is 4.39 Å². The normalized spacial score (nSPS) is 12.0. The zero-order chi connectivity index (χ0) is 15.4. The van der Waals surface area contributed by atoms with E-state index < -0.39 is 11.7 Å². The zero-order valence-electron chi connectivity index (χ0n) is 12.3. The Bertz CT molecular complexity index is 640. The molecule has 2 nitrogen and oxygen atoms in total. The standard InChI is InChI=1S/C17H18FNOS/c1-11-4-9-15(16(18)10-11)17(20)19-12(2)13-5-7-14(21-3)8-6-13/h4-10,12H,1-3H3,(H,19,20). The molecule has 0 fully saturated rings. The maximum Gasteiger partial charge on any atom is 0.254 e. The molecule has 2 rings (SSSR count). The average Bonchev–Trinajstić information content (AvgIpc) is 2.47. The Morgan fingerprint density at radius 1 is 1.19 bits per heavy atom. The number of benzene rings is 2. The molecule has 0 saturated heterocycles. The molecule has 0 aliphatic carbocycles. The number of halogens is 1. The second-order valence-corrected chi connectivity index (χ2v) is 5.83. The molecule has 0 saturated carbocycles. The van der Waals surface area contributed by atoms with E-state index in [1.54, 1.807) is 24.8 Å². The number of rotatable bonds is 4. The van der Waals surface area contributed by atoms with Crippen LogP contribution in [0.1, 0.15) is 34.5 Å². The summed E-state index contributed by atoms with van der Waals surface area (Å²) < 4.78 is 13.8. The van der Waals surface area contributed by atoms with Gasteiger partial charge < -0.3 is 5.32 Å². The Labute approximate surface area is 128 Å². The first-order valence-corrected chi connectivity index (χ1v) is 7.94. The van der Waals surface area contributed by atoms with E-state index in [4.69, 9.17) is 0 Å². The molecule has 0 radical (unpaired) electrons. The summed E-state index contributed by atoms with van der Waals surface area (Å²) in [5, 5.41) is 2.82. The van der Waals surface area contributed by atoms with Crippen molar-refractivity contribution in [2.45, 2.75) is 24.8 Å². The van der Waals surface area contributed by atoms with E-state index >= 15 is 0 Å². The fraction of sp³-hybridized carbons (Fsp3) is 0.235. The Morgan fingerprint density at radius 3 is 2.43 bits per heavy atom. The summed E-state index contributed by atoms with van der Waals surface area (Å²) in [4.78, 5) is 13.3. The lowest BCUT2D eigenvalue weighted by Crippen LogP contribution is -2.27. The minimum absolute atomic E-state index is 0.0770. The van der Waals surface area contributed by atoms with Crippen LogP contribution in [0.3, 0.4) is 0 Å². The molecule has 0 heterocycles. The van der Waals surface area contributed by atoms with Crippen LogP contribution < -0.4 is 5.32 Å². The van der Waals surface area contributed by atoms with Crippen molar-refractivity contribution in [1.82, 2.24) is 5.32 Å². The molecule has 1 amide bonds. The highest BCUT2D eigenvalue weighted by atomic mass is 32.2. The van der Waals surface area contributed by atoms with Gasteiger partial charge in [0.15, 0.2) is 0 Å². The summed E-state index contributed by atoms with van der Waals surface area (Å²) in [6, 6.07) is 12.4. The summed E-state index contributed by atoms with van der Waals surface area (Å²) in [5.74, 6) is -0.883. The van der Waals surface area contributed by atoms with Crippen LogP contribution in [-0.2, 0) is 0 Å². The lowest BCUT2D eigenvalue weighted by atomic mass is 10.1. The van der Waals surface area contributed by atoms with Crippen molar-refractivity contribution in [2.24, 2.45) is 0 Å². The quantitative estimate of drug-likeness (QED) is 0.851. The molecule has 0 aliphatic heterocycles. The fourth-order valence-corrected chi connectivity index (χ4v) is 2.46. The highest BCUT2D eigenvalue weighted by Crippen LogP contribution is 2.19. The second kappa shape index (κ2) is 6.76. The van der Waals surface area contributed by atoms with Crippen LogP contribution in [0, 0.1) is 12.7 Å². The number of hydrogen-bond acceptors (Lipinski definition) is 2. The van der Waals surface area contributed by atoms with E-state index in [0.717, 1.165) is 11.1 Å². The highest BCUT2D eigenvalue weighted by molar-refractivity contribution is 7.98. The SMILES string of the molecule is CSc1ccc(C(C)NC(=O)c2ccc(C)cc2F)cc1. The molecule has 21 heavy (non-hydrogen) atoms. The van der Waals surface area contributed by atoms with Crippen molar-refractivity contribution in [1.29, 1.82) is 0 Å². The zero-order valence-corrected chi connectivity index (χ0v) is 13.1. The van der Waals surface area contributed by atoms with Gasteiger partial charge in [0.1, 0.15) is 5.82 Å². The second-order valence-electron chi connectivity index (χ2n) is 4.95. The van der Waals surface area contributed by atoms with E-state index in [2.05, 4.69) is 5.32 Å². The Kier molecular flexibility index (Phi) is 5.02. The Balaban J connectivity index is 2.10. The summed E-state index contributed by atoms with van der Waals surface area (Å²) in [5.41, 5.74) is 1.87. The van der Waals surface area contributed by atoms with Crippen molar-refractivity contribution >= 4 is 17.7 Å². The van der Waals surface area contributed by atoms with Gasteiger partial charge in [0, 0.05) is 4.90 Å². The molecule has 0 spiro atoms. The molecule has 1 N–H and O–H groups in total. The van der Waals surface area contributed by atoms with Gasteiger partial charge in [0.05, 0.1) is 11.6 Å². The maximum atomic E-state index is 13.8. The maximum absolute atomic E-state index is 13.8. The van der Waals surface area contributed by atoms with E-state index in [1.165, 1.54) is 17.0 Å². The van der Waals surface area contributed by atoms with Crippen molar-refractivity contribution in [3.05, 3.63) is 65.0 Å². The van der Waals surface area contributed by atoms with Gasteiger partial charge in [-0.2, -0.15) is 0 Å². The number of aryl methyl sites for hydroxylation is 1. The third-order valence-corrected chi connectivity index (χ3v) is 4.08. The largest absolute Gasteiger partial charge is 0.345 e. The molecule has 1 unspecified atom stereocenters. The first kappa shape index (κ1) is 15.6. The van der Waals surface area contributed by atoms with Crippen LogP contribution in [0.15, 0.2) is 47.4 Å². The van der Waals surface area contributed by atoms with Crippen LogP contribution in [0.5, 0.6) is 0 Å². The average molecular weight is 303 g/mol. The van der Waals surface area contributed by atoms with Crippen LogP contribution in [0.2, 0.25) is 0 Å². The Hall–Kier alpha value is -1.81. The number of carbonyl (C=O) groups excluding carboxylic acids is 1. The summed E-state index contributed by atoms with van der Waals surface area (Å²) >= 11 is 1.67. The van der Waals surface area contributed by atoms with Crippen LogP contribution in [0.25, 0.3) is 0 Å². The minimum atomic E-state index is -0.488. The summed E-state index contributed by atoms with van der Waals surface area (Å²) in [6.07, 6.45) is 2.01. The van der Waals surface area contributed by atoms with Gasteiger partial charge in [-0.3, -0.25) is 4.79 Å². The van der Waals surface area contributed by atoms with E-state index in [-0.39, 0.29) is 11.6 Å². The first-order chi connectivity index (χ1) is 10.0. The number of carbonyl (C=O) groups is 1. The topological polar surface area (TPSA) is 29.1 Å². The lowest BCUT2D eigenvalue weighted by molar-refractivity contribution is 0.0936. The molecule has 0 bridgehead atoms. The van der Waals surface area contributed by atoms with Crippen molar-refractivity contribution in [2.75, 3.05) is 6.26 Å². The van der Waals surface area contributed by atoms with Crippen molar-refractivity contribution in [3.63, 3.8) is 0 Å². The van der Waals surface area contributed by atoms with Gasteiger partial charge in [0.25, 0.3) is 5.91 Å². The molecule has 4 heteroatoms. The minimum Gasteiger partial charge on any atom is -0.345 e. The van der Waals surface area contributed by atoms with E-state index in [9.17, 15) is 9.18 Å². The fourth-order valence-electron chi connectivity index (χ4n) is 2.05. The summed E-state index contributed by atoms with van der Waals surface area (Å²) in [7, 11) is 0.